The van der Waals surface area contributed by atoms with Gasteiger partial charge in [0.1, 0.15) is 0 Å². The molecular weight excluding hydrogens is 134 g/mol. The lowest BCUT2D eigenvalue weighted by molar-refractivity contribution is 0.814. The van der Waals surface area contributed by atoms with Crippen molar-refractivity contribution in [2.45, 2.75) is 5.92 Å². The molecule has 0 fully saturated rings. The van der Waals surface area contributed by atoms with Crippen molar-refractivity contribution in [2.24, 2.45) is 0 Å². The van der Waals surface area contributed by atoms with Crippen LogP contribution in [0.1, 0.15) is 11.5 Å². The molecule has 2 rings (SSSR count). The molecular formula is C10H11N. The quantitative estimate of drug-likeness (QED) is 0.636. The lowest BCUT2D eigenvalue weighted by Crippen LogP contribution is -2.06. The van der Waals surface area contributed by atoms with Gasteiger partial charge in [0.25, 0.3) is 0 Å². The van der Waals surface area contributed by atoms with Crippen molar-refractivity contribution in [1.29, 1.82) is 0 Å². The van der Waals surface area contributed by atoms with Gasteiger partial charge in [-0.3, -0.25) is 0 Å². The molecule has 56 valence electrons. The topological polar surface area (TPSA) is 12.0 Å². The van der Waals surface area contributed by atoms with E-state index in [-0.39, 0.29) is 0 Å². The van der Waals surface area contributed by atoms with Crippen LogP contribution in [0, 0.1) is 0 Å². The maximum Gasteiger partial charge on any atom is 0.0245 e. The van der Waals surface area contributed by atoms with E-state index in [4.69, 9.17) is 0 Å². The lowest BCUT2D eigenvalue weighted by atomic mass is 10.0. The van der Waals surface area contributed by atoms with E-state index >= 15 is 0 Å². The van der Waals surface area contributed by atoms with Crippen LogP contribution in [0.4, 0.5) is 0 Å². The third-order valence-corrected chi connectivity index (χ3v) is 2.01. The zero-order valence-electron chi connectivity index (χ0n) is 6.33. The highest BCUT2D eigenvalue weighted by molar-refractivity contribution is 5.26. The van der Waals surface area contributed by atoms with E-state index in [1.165, 1.54) is 5.56 Å². The lowest BCUT2D eigenvalue weighted by Gasteiger charge is -2.05. The van der Waals surface area contributed by atoms with Crippen LogP contribution in [0.2, 0.25) is 0 Å². The zero-order chi connectivity index (χ0) is 7.52. The maximum absolute atomic E-state index is 3.19. The summed E-state index contributed by atoms with van der Waals surface area (Å²) in [5, 5.41) is 3.19. The van der Waals surface area contributed by atoms with Gasteiger partial charge in [-0.15, -0.1) is 0 Å². The molecule has 1 unspecified atom stereocenters. The minimum atomic E-state index is 0.580. The van der Waals surface area contributed by atoms with Crippen molar-refractivity contribution in [1.82, 2.24) is 5.32 Å². The second-order valence-electron chi connectivity index (χ2n) is 2.78. The second kappa shape index (κ2) is 2.79. The third kappa shape index (κ3) is 1.27. The molecule has 1 aromatic rings. The molecule has 11 heavy (non-hydrogen) atoms. The Hall–Kier alpha value is -1.24. The van der Waals surface area contributed by atoms with Crippen LogP contribution in [-0.4, -0.2) is 6.54 Å². The van der Waals surface area contributed by atoms with Gasteiger partial charge in [-0.05, 0) is 11.8 Å². The summed E-state index contributed by atoms with van der Waals surface area (Å²) in [5.41, 5.74) is 1.40. The van der Waals surface area contributed by atoms with Gasteiger partial charge in [-0.2, -0.15) is 0 Å². The van der Waals surface area contributed by atoms with Crippen LogP contribution in [0.3, 0.4) is 0 Å². The summed E-state index contributed by atoms with van der Waals surface area (Å²) < 4.78 is 0. The molecule has 0 saturated carbocycles. The van der Waals surface area contributed by atoms with Gasteiger partial charge in [-0.1, -0.05) is 36.4 Å². The van der Waals surface area contributed by atoms with Gasteiger partial charge >= 0.3 is 0 Å². The number of hydrogen-bond donors (Lipinski definition) is 1. The van der Waals surface area contributed by atoms with E-state index < -0.39 is 0 Å². The highest BCUT2D eigenvalue weighted by atomic mass is 14.9. The van der Waals surface area contributed by atoms with E-state index in [1.807, 2.05) is 6.20 Å². The van der Waals surface area contributed by atoms with Crippen molar-refractivity contribution in [3.05, 3.63) is 48.2 Å². The Kier molecular flexibility index (Phi) is 1.64. The molecule has 1 heterocycles. The van der Waals surface area contributed by atoms with Crippen molar-refractivity contribution < 1.29 is 0 Å². The minimum absolute atomic E-state index is 0.580. The molecule has 0 aromatic heterocycles. The van der Waals surface area contributed by atoms with Crippen LogP contribution in [0.5, 0.6) is 0 Å². The van der Waals surface area contributed by atoms with E-state index in [0.717, 1.165) is 6.54 Å². The maximum atomic E-state index is 3.19. The second-order valence-corrected chi connectivity index (χ2v) is 2.78. The first-order chi connectivity index (χ1) is 5.47. The Bertz CT molecular complexity index is 251. The highest BCUT2D eigenvalue weighted by Crippen LogP contribution is 2.18. The average molecular weight is 145 g/mol. The van der Waals surface area contributed by atoms with Crippen LogP contribution < -0.4 is 5.32 Å². The van der Waals surface area contributed by atoms with Gasteiger partial charge in [-0.25, -0.2) is 0 Å². The minimum Gasteiger partial charge on any atom is -0.390 e. The summed E-state index contributed by atoms with van der Waals surface area (Å²) in [5.74, 6) is 0.580. The Morgan fingerprint density at radius 1 is 1.18 bits per heavy atom. The molecule has 1 aromatic carbocycles. The van der Waals surface area contributed by atoms with Gasteiger partial charge in [0, 0.05) is 12.5 Å². The molecule has 1 aliphatic rings. The van der Waals surface area contributed by atoms with Crippen molar-refractivity contribution >= 4 is 0 Å². The summed E-state index contributed by atoms with van der Waals surface area (Å²) in [7, 11) is 0. The van der Waals surface area contributed by atoms with Crippen molar-refractivity contribution in [2.75, 3.05) is 6.54 Å². The normalized spacial score (nSPS) is 21.6. The summed E-state index contributed by atoms with van der Waals surface area (Å²) in [6, 6.07) is 10.6. The molecule has 0 aliphatic carbocycles. The van der Waals surface area contributed by atoms with E-state index in [1.54, 1.807) is 0 Å². The van der Waals surface area contributed by atoms with Gasteiger partial charge in [0.2, 0.25) is 0 Å². The number of hydrogen-bond acceptors (Lipinski definition) is 1. The van der Waals surface area contributed by atoms with Crippen molar-refractivity contribution in [3.8, 4) is 0 Å². The molecule has 1 nitrogen and oxygen atoms in total. The number of nitrogens with one attached hydrogen (secondary N) is 1. The highest BCUT2D eigenvalue weighted by Gasteiger charge is 2.09. The molecule has 0 bridgehead atoms. The first-order valence-electron chi connectivity index (χ1n) is 3.92. The van der Waals surface area contributed by atoms with E-state index in [9.17, 15) is 0 Å². The SMILES string of the molecule is C1=CC(c2ccccc2)CN1. The zero-order valence-corrected chi connectivity index (χ0v) is 6.33. The fraction of sp³-hybridized carbons (Fsp3) is 0.200. The molecule has 1 aliphatic heterocycles. The third-order valence-electron chi connectivity index (χ3n) is 2.01. The standard InChI is InChI=1S/C10H11N/c1-2-4-9(5-3-1)10-6-7-11-8-10/h1-7,10-11H,8H2. The summed E-state index contributed by atoms with van der Waals surface area (Å²) in [6.07, 6.45) is 4.23. The first kappa shape index (κ1) is 6.47. The Morgan fingerprint density at radius 2 is 2.00 bits per heavy atom. The van der Waals surface area contributed by atoms with Crippen LogP contribution in [0.15, 0.2) is 42.6 Å². The predicted molar refractivity (Wildman–Crippen MR) is 46.3 cm³/mol. The number of benzene rings is 1. The van der Waals surface area contributed by atoms with E-state index in [0.29, 0.717) is 5.92 Å². The largest absolute Gasteiger partial charge is 0.390 e. The monoisotopic (exact) mass is 145 g/mol. The summed E-state index contributed by atoms with van der Waals surface area (Å²) in [6.45, 7) is 1.05. The van der Waals surface area contributed by atoms with Crippen LogP contribution in [-0.2, 0) is 0 Å². The molecule has 1 heteroatoms. The Morgan fingerprint density at radius 3 is 2.64 bits per heavy atom. The fourth-order valence-electron chi connectivity index (χ4n) is 1.38. The Balaban J connectivity index is 2.23. The molecule has 0 saturated heterocycles. The summed E-state index contributed by atoms with van der Waals surface area (Å²) in [4.78, 5) is 0. The Labute approximate surface area is 66.7 Å². The van der Waals surface area contributed by atoms with Crippen molar-refractivity contribution in [3.63, 3.8) is 0 Å². The molecule has 0 radical (unpaired) electrons. The smallest absolute Gasteiger partial charge is 0.0245 e. The van der Waals surface area contributed by atoms with Crippen LogP contribution in [0.25, 0.3) is 0 Å². The molecule has 1 atom stereocenters. The van der Waals surface area contributed by atoms with E-state index in [2.05, 4.69) is 41.7 Å². The van der Waals surface area contributed by atoms with Crippen LogP contribution >= 0.6 is 0 Å². The molecule has 0 spiro atoms. The van der Waals surface area contributed by atoms with Gasteiger partial charge < -0.3 is 5.32 Å². The average Bonchev–Trinajstić information content (AvgIpc) is 2.58. The predicted octanol–water partition coefficient (Wildman–Crippen LogP) is 1.89. The molecule has 1 N–H and O–H groups in total. The summed E-state index contributed by atoms with van der Waals surface area (Å²) >= 11 is 0. The fourth-order valence-corrected chi connectivity index (χ4v) is 1.38. The molecule has 0 amide bonds. The van der Waals surface area contributed by atoms with Gasteiger partial charge in [0.05, 0.1) is 0 Å². The number of rotatable bonds is 1. The first-order valence-corrected chi connectivity index (χ1v) is 3.92. The van der Waals surface area contributed by atoms with Gasteiger partial charge in [0.15, 0.2) is 0 Å².